The Morgan fingerprint density at radius 3 is 2.73 bits per heavy atom. The molecule has 0 bridgehead atoms. The van der Waals surface area contributed by atoms with Gasteiger partial charge < -0.3 is 10.6 Å². The van der Waals surface area contributed by atoms with E-state index in [0.717, 1.165) is 5.56 Å². The standard InChI is InChI=1S/C19H16Cl2N4O/c1-12-4-2-5-13(10-12)11-23-19-22-9-8-16(25-19)18(26)24-15-7-3-6-14(20)17(15)21/h2-10H,11H2,1H3,(H,24,26)(H,22,23,25). The van der Waals surface area contributed by atoms with Gasteiger partial charge in [-0.3, -0.25) is 4.79 Å². The monoisotopic (exact) mass is 386 g/mol. The van der Waals surface area contributed by atoms with Crippen LogP contribution in [0.3, 0.4) is 0 Å². The van der Waals surface area contributed by atoms with E-state index >= 15 is 0 Å². The van der Waals surface area contributed by atoms with Gasteiger partial charge >= 0.3 is 0 Å². The first kappa shape index (κ1) is 18.2. The van der Waals surface area contributed by atoms with Gasteiger partial charge in [-0.25, -0.2) is 9.97 Å². The summed E-state index contributed by atoms with van der Waals surface area (Å²) in [5.74, 6) is -0.0217. The lowest BCUT2D eigenvalue weighted by Gasteiger charge is -2.09. The van der Waals surface area contributed by atoms with Crippen LogP contribution < -0.4 is 10.6 Å². The van der Waals surface area contributed by atoms with Crippen LogP contribution in [0.1, 0.15) is 21.6 Å². The third kappa shape index (κ3) is 4.50. The number of benzene rings is 2. The van der Waals surface area contributed by atoms with Crippen molar-refractivity contribution in [2.24, 2.45) is 0 Å². The van der Waals surface area contributed by atoms with Crippen molar-refractivity contribution in [3.8, 4) is 0 Å². The van der Waals surface area contributed by atoms with E-state index in [2.05, 4.69) is 26.7 Å². The zero-order valence-corrected chi connectivity index (χ0v) is 15.5. The predicted molar refractivity (Wildman–Crippen MR) is 105 cm³/mol. The van der Waals surface area contributed by atoms with E-state index in [9.17, 15) is 4.79 Å². The molecule has 0 saturated carbocycles. The Bertz CT molecular complexity index is 946. The van der Waals surface area contributed by atoms with Gasteiger partial charge in [-0.05, 0) is 30.7 Å². The molecule has 0 aliphatic rings. The van der Waals surface area contributed by atoms with Crippen molar-refractivity contribution < 1.29 is 4.79 Å². The SMILES string of the molecule is Cc1cccc(CNc2nccc(C(=O)Nc3cccc(Cl)c3Cl)n2)c1. The first-order valence-corrected chi connectivity index (χ1v) is 8.66. The van der Waals surface area contributed by atoms with Crippen LogP contribution in [0.4, 0.5) is 11.6 Å². The molecule has 3 rings (SSSR count). The fraction of sp³-hybridized carbons (Fsp3) is 0.105. The second-order valence-electron chi connectivity index (χ2n) is 5.66. The first-order valence-electron chi connectivity index (χ1n) is 7.91. The summed E-state index contributed by atoms with van der Waals surface area (Å²) in [6.45, 7) is 2.60. The van der Waals surface area contributed by atoms with E-state index < -0.39 is 5.91 Å². The quantitative estimate of drug-likeness (QED) is 0.650. The van der Waals surface area contributed by atoms with Crippen LogP contribution in [-0.4, -0.2) is 15.9 Å². The number of nitrogens with zero attached hydrogens (tertiary/aromatic N) is 2. The number of anilines is 2. The highest BCUT2D eigenvalue weighted by Crippen LogP contribution is 2.29. The molecule has 0 unspecified atom stereocenters. The summed E-state index contributed by atoms with van der Waals surface area (Å²) in [5.41, 5.74) is 2.94. The average molecular weight is 387 g/mol. The fourth-order valence-corrected chi connectivity index (χ4v) is 2.71. The maximum atomic E-state index is 12.4. The van der Waals surface area contributed by atoms with Crippen molar-refractivity contribution >= 4 is 40.7 Å². The number of carbonyl (C=O) groups is 1. The van der Waals surface area contributed by atoms with Crippen molar-refractivity contribution in [1.29, 1.82) is 0 Å². The molecule has 2 aromatic carbocycles. The van der Waals surface area contributed by atoms with Crippen LogP contribution in [-0.2, 0) is 6.54 Å². The number of nitrogens with one attached hydrogen (secondary N) is 2. The minimum Gasteiger partial charge on any atom is -0.350 e. The third-order valence-electron chi connectivity index (χ3n) is 3.62. The summed E-state index contributed by atoms with van der Waals surface area (Å²) in [7, 11) is 0. The molecule has 7 heteroatoms. The molecule has 3 aromatic rings. The highest BCUT2D eigenvalue weighted by Gasteiger charge is 2.12. The maximum absolute atomic E-state index is 12.4. The molecule has 0 saturated heterocycles. The summed E-state index contributed by atoms with van der Waals surface area (Å²) in [6, 6.07) is 14.7. The zero-order chi connectivity index (χ0) is 18.5. The number of amides is 1. The topological polar surface area (TPSA) is 66.9 Å². The molecule has 0 fully saturated rings. The number of rotatable bonds is 5. The molecule has 1 amide bonds. The Hall–Kier alpha value is -2.63. The number of aromatic nitrogens is 2. The second-order valence-corrected chi connectivity index (χ2v) is 6.45. The third-order valence-corrected chi connectivity index (χ3v) is 4.44. The molecular formula is C19H16Cl2N4O. The average Bonchev–Trinajstić information content (AvgIpc) is 2.64. The lowest BCUT2D eigenvalue weighted by atomic mass is 10.1. The van der Waals surface area contributed by atoms with Crippen LogP contribution in [0.2, 0.25) is 10.0 Å². The van der Waals surface area contributed by atoms with Crippen LogP contribution in [0.5, 0.6) is 0 Å². The smallest absolute Gasteiger partial charge is 0.274 e. The summed E-state index contributed by atoms with van der Waals surface area (Å²) in [4.78, 5) is 20.8. The van der Waals surface area contributed by atoms with Crippen molar-refractivity contribution in [2.45, 2.75) is 13.5 Å². The van der Waals surface area contributed by atoms with Gasteiger partial charge in [0.2, 0.25) is 5.95 Å². The number of carbonyl (C=O) groups excluding carboxylic acids is 1. The van der Waals surface area contributed by atoms with E-state index in [0.29, 0.717) is 23.2 Å². The summed E-state index contributed by atoms with van der Waals surface area (Å²) < 4.78 is 0. The van der Waals surface area contributed by atoms with Crippen LogP contribution >= 0.6 is 23.2 Å². The van der Waals surface area contributed by atoms with Gasteiger partial charge in [0.25, 0.3) is 5.91 Å². The molecule has 132 valence electrons. The fourth-order valence-electron chi connectivity index (χ4n) is 2.36. The maximum Gasteiger partial charge on any atom is 0.274 e. The normalized spacial score (nSPS) is 10.4. The largest absolute Gasteiger partial charge is 0.350 e. The number of aryl methyl sites for hydroxylation is 1. The highest BCUT2D eigenvalue weighted by atomic mass is 35.5. The van der Waals surface area contributed by atoms with Gasteiger partial charge in [-0.15, -0.1) is 0 Å². The van der Waals surface area contributed by atoms with Crippen LogP contribution in [0, 0.1) is 6.92 Å². The van der Waals surface area contributed by atoms with Gasteiger partial charge in [-0.2, -0.15) is 0 Å². The van der Waals surface area contributed by atoms with E-state index in [1.807, 2.05) is 25.1 Å². The van der Waals surface area contributed by atoms with Gasteiger partial charge in [0.1, 0.15) is 5.69 Å². The van der Waals surface area contributed by atoms with Crippen molar-refractivity contribution in [3.63, 3.8) is 0 Å². The van der Waals surface area contributed by atoms with E-state index in [4.69, 9.17) is 23.2 Å². The van der Waals surface area contributed by atoms with Gasteiger partial charge in [0.15, 0.2) is 0 Å². The second kappa shape index (κ2) is 8.17. The molecule has 0 aliphatic heterocycles. The Morgan fingerprint density at radius 2 is 1.92 bits per heavy atom. The summed E-state index contributed by atoms with van der Waals surface area (Å²) in [6.07, 6.45) is 1.53. The van der Waals surface area contributed by atoms with E-state index in [1.165, 1.54) is 17.8 Å². The minimum absolute atomic E-state index is 0.225. The highest BCUT2D eigenvalue weighted by molar-refractivity contribution is 6.44. The van der Waals surface area contributed by atoms with Crippen molar-refractivity contribution in [1.82, 2.24) is 9.97 Å². The lowest BCUT2D eigenvalue weighted by Crippen LogP contribution is -2.15. The van der Waals surface area contributed by atoms with Crippen molar-refractivity contribution in [3.05, 3.63) is 81.6 Å². The summed E-state index contributed by atoms with van der Waals surface area (Å²) >= 11 is 12.1. The molecule has 1 aromatic heterocycles. The molecule has 0 aliphatic carbocycles. The number of hydrogen-bond donors (Lipinski definition) is 2. The Morgan fingerprint density at radius 1 is 1.12 bits per heavy atom. The minimum atomic E-state index is -0.393. The van der Waals surface area contributed by atoms with Gasteiger partial charge in [0.05, 0.1) is 15.7 Å². The molecule has 0 atom stereocenters. The molecular weight excluding hydrogens is 371 g/mol. The number of halogens is 2. The van der Waals surface area contributed by atoms with Crippen LogP contribution in [0.15, 0.2) is 54.7 Å². The van der Waals surface area contributed by atoms with E-state index in [-0.39, 0.29) is 10.7 Å². The molecule has 26 heavy (non-hydrogen) atoms. The number of hydrogen-bond acceptors (Lipinski definition) is 4. The lowest BCUT2D eigenvalue weighted by molar-refractivity contribution is 0.102. The molecule has 5 nitrogen and oxygen atoms in total. The van der Waals surface area contributed by atoms with Crippen LogP contribution in [0.25, 0.3) is 0 Å². The molecule has 0 spiro atoms. The molecule has 0 radical (unpaired) electrons. The zero-order valence-electron chi connectivity index (χ0n) is 14.0. The van der Waals surface area contributed by atoms with Crippen molar-refractivity contribution in [2.75, 3.05) is 10.6 Å². The summed E-state index contributed by atoms with van der Waals surface area (Å²) in [5, 5.41) is 6.48. The van der Waals surface area contributed by atoms with Gasteiger partial charge in [-0.1, -0.05) is 59.1 Å². The molecule has 1 heterocycles. The Kier molecular flexibility index (Phi) is 5.71. The van der Waals surface area contributed by atoms with E-state index in [1.54, 1.807) is 18.2 Å². The first-order chi connectivity index (χ1) is 12.5. The predicted octanol–water partition coefficient (Wildman–Crippen LogP) is 4.96. The Balaban J connectivity index is 1.70. The van der Waals surface area contributed by atoms with Gasteiger partial charge in [0, 0.05) is 12.7 Å². The Labute approximate surface area is 161 Å². The molecule has 2 N–H and O–H groups in total.